The maximum Gasteiger partial charge on any atom is 0.433 e. The summed E-state index contributed by atoms with van der Waals surface area (Å²) in [6.07, 6.45) is 0. The zero-order chi connectivity index (χ0) is 14.8. The number of aromatic nitrogens is 1. The lowest BCUT2D eigenvalue weighted by Gasteiger charge is -1.97. The number of nitrogens with zero attached hydrogens (tertiary/aromatic N) is 2. The molecule has 21 heavy (non-hydrogen) atoms. The maximum atomic E-state index is 10.6. The van der Waals surface area contributed by atoms with E-state index in [0.717, 1.165) is 11.1 Å². The molecule has 0 saturated carbocycles. The van der Waals surface area contributed by atoms with E-state index in [-0.39, 0.29) is 11.6 Å². The van der Waals surface area contributed by atoms with Gasteiger partial charge in [0.05, 0.1) is 6.07 Å². The highest BCUT2D eigenvalue weighted by molar-refractivity contribution is 6.17. The molecule has 106 valence electrons. The largest absolute Gasteiger partial charge is 0.433 e. The summed E-state index contributed by atoms with van der Waals surface area (Å²) in [6.45, 7) is 0. The first-order valence-electron chi connectivity index (χ1n) is 6.04. The zero-order valence-electron chi connectivity index (χ0n) is 10.7. The summed E-state index contributed by atoms with van der Waals surface area (Å²) in [5.74, 6) is 0.943. The Morgan fingerprint density at radius 3 is 2.52 bits per heavy atom. The number of furan rings is 1. The maximum absolute atomic E-state index is 10.6. The van der Waals surface area contributed by atoms with Gasteiger partial charge in [-0.1, -0.05) is 29.4 Å². The van der Waals surface area contributed by atoms with Gasteiger partial charge in [-0.05, 0) is 11.6 Å². The van der Waals surface area contributed by atoms with Crippen molar-refractivity contribution in [1.29, 1.82) is 0 Å². The second-order valence-corrected chi connectivity index (χ2v) is 4.57. The predicted molar refractivity (Wildman–Crippen MR) is 75.9 cm³/mol. The van der Waals surface area contributed by atoms with Crippen LogP contribution in [0.2, 0.25) is 0 Å². The highest BCUT2D eigenvalue weighted by Crippen LogP contribution is 2.29. The summed E-state index contributed by atoms with van der Waals surface area (Å²) < 4.78 is 10.3. The average molecular weight is 305 g/mol. The van der Waals surface area contributed by atoms with Gasteiger partial charge in [0.1, 0.15) is 10.6 Å². The first-order valence-corrected chi connectivity index (χ1v) is 6.57. The molecule has 0 N–H and O–H groups in total. The number of alkyl halides is 1. The number of hydrogen-bond acceptors (Lipinski definition) is 5. The van der Waals surface area contributed by atoms with Crippen molar-refractivity contribution in [2.45, 2.75) is 5.88 Å². The molecule has 0 saturated heterocycles. The van der Waals surface area contributed by atoms with Crippen molar-refractivity contribution in [2.75, 3.05) is 0 Å². The lowest BCUT2D eigenvalue weighted by molar-refractivity contribution is -0.401. The lowest BCUT2D eigenvalue weighted by atomic mass is 10.1. The SMILES string of the molecule is O=[N+]([O-])c1ccc(-c2cc(-c3ccc(CCl)cc3)on2)o1. The van der Waals surface area contributed by atoms with E-state index < -0.39 is 4.92 Å². The Balaban J connectivity index is 1.89. The lowest BCUT2D eigenvalue weighted by Crippen LogP contribution is -1.82. The van der Waals surface area contributed by atoms with Gasteiger partial charge in [0.2, 0.25) is 0 Å². The number of rotatable bonds is 4. The van der Waals surface area contributed by atoms with Crippen molar-refractivity contribution in [3.63, 3.8) is 0 Å². The summed E-state index contributed by atoms with van der Waals surface area (Å²) in [6, 6.07) is 11.9. The molecule has 0 amide bonds. The zero-order valence-corrected chi connectivity index (χ0v) is 11.4. The monoisotopic (exact) mass is 304 g/mol. The molecule has 0 radical (unpaired) electrons. The van der Waals surface area contributed by atoms with Gasteiger partial charge in [0, 0.05) is 17.5 Å². The van der Waals surface area contributed by atoms with Gasteiger partial charge >= 0.3 is 5.88 Å². The molecule has 0 aliphatic carbocycles. The molecule has 0 aliphatic heterocycles. The van der Waals surface area contributed by atoms with Gasteiger partial charge in [-0.3, -0.25) is 10.1 Å². The summed E-state index contributed by atoms with van der Waals surface area (Å²) in [5.41, 5.74) is 2.24. The highest BCUT2D eigenvalue weighted by atomic mass is 35.5. The minimum atomic E-state index is -0.602. The van der Waals surface area contributed by atoms with E-state index in [1.807, 2.05) is 24.3 Å². The minimum absolute atomic E-state index is 0.286. The van der Waals surface area contributed by atoms with Crippen molar-refractivity contribution in [3.05, 3.63) is 58.1 Å². The first-order chi connectivity index (χ1) is 10.2. The van der Waals surface area contributed by atoms with Crippen LogP contribution in [0.15, 0.2) is 51.4 Å². The Labute approximate surface area is 124 Å². The number of nitro groups is 1. The van der Waals surface area contributed by atoms with E-state index in [1.54, 1.807) is 6.07 Å². The van der Waals surface area contributed by atoms with Crippen LogP contribution >= 0.6 is 11.6 Å². The van der Waals surface area contributed by atoms with E-state index in [1.165, 1.54) is 12.1 Å². The molecule has 0 aliphatic rings. The fourth-order valence-corrected chi connectivity index (χ4v) is 2.03. The fraction of sp³-hybridized carbons (Fsp3) is 0.0714. The summed E-state index contributed by atoms with van der Waals surface area (Å²) in [7, 11) is 0. The number of benzene rings is 1. The fourth-order valence-electron chi connectivity index (χ4n) is 1.85. The number of halogens is 1. The number of hydrogen-bond donors (Lipinski definition) is 0. The molecule has 0 atom stereocenters. The molecule has 3 aromatic rings. The molecule has 6 nitrogen and oxygen atoms in total. The van der Waals surface area contributed by atoms with Crippen molar-refractivity contribution in [1.82, 2.24) is 5.16 Å². The molecule has 2 aromatic heterocycles. The molecule has 0 unspecified atom stereocenters. The Morgan fingerprint density at radius 2 is 1.90 bits per heavy atom. The minimum Gasteiger partial charge on any atom is -0.399 e. The van der Waals surface area contributed by atoms with Crippen LogP contribution in [0.3, 0.4) is 0 Å². The Morgan fingerprint density at radius 1 is 1.14 bits per heavy atom. The summed E-state index contributed by atoms with van der Waals surface area (Å²) >= 11 is 5.73. The molecule has 0 fully saturated rings. The van der Waals surface area contributed by atoms with Gasteiger partial charge in [0.25, 0.3) is 0 Å². The van der Waals surface area contributed by atoms with Crippen LogP contribution in [0.1, 0.15) is 5.56 Å². The van der Waals surface area contributed by atoms with Gasteiger partial charge in [-0.25, -0.2) is 0 Å². The van der Waals surface area contributed by atoms with E-state index in [9.17, 15) is 10.1 Å². The van der Waals surface area contributed by atoms with Crippen LogP contribution in [-0.2, 0) is 5.88 Å². The quantitative estimate of drug-likeness (QED) is 0.409. The van der Waals surface area contributed by atoms with E-state index in [4.69, 9.17) is 20.5 Å². The summed E-state index contributed by atoms with van der Waals surface area (Å²) in [4.78, 5) is 9.99. The molecule has 7 heteroatoms. The Kier molecular flexibility index (Phi) is 3.45. The molecular weight excluding hydrogens is 296 g/mol. The Hall–Kier alpha value is -2.60. The third-order valence-electron chi connectivity index (χ3n) is 2.93. The van der Waals surface area contributed by atoms with E-state index >= 15 is 0 Å². The molecule has 2 heterocycles. The van der Waals surface area contributed by atoms with Crippen molar-refractivity contribution >= 4 is 17.5 Å². The normalized spacial score (nSPS) is 10.7. The van der Waals surface area contributed by atoms with Crippen LogP contribution in [0.5, 0.6) is 0 Å². The first kappa shape index (κ1) is 13.4. The average Bonchev–Trinajstić information content (AvgIpc) is 3.16. The van der Waals surface area contributed by atoms with Gasteiger partial charge in [0.15, 0.2) is 11.5 Å². The standard InChI is InChI=1S/C14H9ClN2O4/c15-8-9-1-3-10(4-2-9)13-7-11(16-21-13)12-5-6-14(20-12)17(18)19/h1-7H,8H2. The van der Waals surface area contributed by atoms with E-state index in [2.05, 4.69) is 5.16 Å². The molecule has 0 bridgehead atoms. The molecule has 3 rings (SSSR count). The smallest absolute Gasteiger partial charge is 0.399 e. The van der Waals surface area contributed by atoms with Crippen molar-refractivity contribution in [2.24, 2.45) is 0 Å². The van der Waals surface area contributed by atoms with Crippen LogP contribution in [-0.4, -0.2) is 10.1 Å². The highest BCUT2D eigenvalue weighted by Gasteiger charge is 2.16. The topological polar surface area (TPSA) is 82.3 Å². The van der Waals surface area contributed by atoms with Crippen LogP contribution in [0.4, 0.5) is 5.88 Å². The molecule has 1 aromatic carbocycles. The van der Waals surface area contributed by atoms with Crippen LogP contribution in [0.25, 0.3) is 22.8 Å². The second kappa shape index (κ2) is 5.41. The van der Waals surface area contributed by atoms with Gasteiger partial charge in [-0.15, -0.1) is 11.6 Å². The second-order valence-electron chi connectivity index (χ2n) is 4.30. The van der Waals surface area contributed by atoms with Gasteiger partial charge in [-0.2, -0.15) is 0 Å². The third kappa shape index (κ3) is 2.66. The predicted octanol–water partition coefficient (Wildman–Crippen LogP) is 4.25. The van der Waals surface area contributed by atoms with Crippen molar-refractivity contribution < 1.29 is 13.9 Å². The molecule has 0 spiro atoms. The molecular formula is C14H9ClN2O4. The van der Waals surface area contributed by atoms with Crippen LogP contribution in [0, 0.1) is 10.1 Å². The Bertz CT molecular complexity index is 776. The third-order valence-corrected chi connectivity index (χ3v) is 3.24. The summed E-state index contributed by atoms with van der Waals surface area (Å²) in [5, 5.41) is 14.5. The van der Waals surface area contributed by atoms with Crippen molar-refractivity contribution in [3.8, 4) is 22.8 Å². The van der Waals surface area contributed by atoms with Gasteiger partial charge < -0.3 is 8.94 Å². The van der Waals surface area contributed by atoms with Crippen LogP contribution < -0.4 is 0 Å². The van der Waals surface area contributed by atoms with E-state index in [0.29, 0.717) is 17.3 Å².